The number of carbonyl (C=O) groups excluding carboxylic acids is 1. The Labute approximate surface area is 162 Å². The molecule has 0 atom stereocenters. The third-order valence-corrected chi connectivity index (χ3v) is 4.65. The molecule has 1 aromatic carbocycles. The number of carbonyl (C=O) groups is 1. The zero-order valence-corrected chi connectivity index (χ0v) is 15.9. The Hall–Kier alpha value is -3.13. The second kappa shape index (κ2) is 9.54. The summed E-state index contributed by atoms with van der Waals surface area (Å²) in [5.41, 5.74) is 1.80. The standard InChI is InChI=1S/C19H22N6OS/c1-20-19(22-13-17-7-3-10-27-17)21-12-15-5-2-6-16(11-15)24-18(26)14-25-9-4-8-23-25/h2-11H,12-14H2,1H3,(H,24,26)(H2,20,21,22). The number of hydrogen-bond donors (Lipinski definition) is 3. The number of nitrogens with zero attached hydrogens (tertiary/aromatic N) is 3. The first kappa shape index (κ1) is 18.7. The molecular weight excluding hydrogens is 360 g/mol. The van der Waals surface area contributed by atoms with Gasteiger partial charge in [0.15, 0.2) is 5.96 Å². The molecule has 2 heterocycles. The van der Waals surface area contributed by atoms with E-state index in [1.807, 2.05) is 30.3 Å². The molecule has 0 saturated carbocycles. The van der Waals surface area contributed by atoms with E-state index in [4.69, 9.17) is 0 Å². The summed E-state index contributed by atoms with van der Waals surface area (Å²) < 4.78 is 1.59. The monoisotopic (exact) mass is 382 g/mol. The number of rotatable bonds is 7. The van der Waals surface area contributed by atoms with Crippen molar-refractivity contribution in [2.45, 2.75) is 19.6 Å². The molecule has 0 aliphatic carbocycles. The number of aromatic nitrogens is 2. The highest BCUT2D eigenvalue weighted by atomic mass is 32.1. The van der Waals surface area contributed by atoms with E-state index in [0.29, 0.717) is 6.54 Å². The Morgan fingerprint density at radius 3 is 2.81 bits per heavy atom. The van der Waals surface area contributed by atoms with Crippen LogP contribution >= 0.6 is 11.3 Å². The fraction of sp³-hybridized carbons (Fsp3) is 0.211. The van der Waals surface area contributed by atoms with Crippen molar-refractivity contribution in [3.05, 3.63) is 70.7 Å². The van der Waals surface area contributed by atoms with E-state index in [0.717, 1.165) is 23.8 Å². The highest BCUT2D eigenvalue weighted by Gasteiger charge is 2.05. The molecule has 0 fully saturated rings. The smallest absolute Gasteiger partial charge is 0.246 e. The minimum absolute atomic E-state index is 0.114. The Morgan fingerprint density at radius 2 is 2.07 bits per heavy atom. The lowest BCUT2D eigenvalue weighted by molar-refractivity contribution is -0.116. The van der Waals surface area contributed by atoms with Crippen molar-refractivity contribution in [2.75, 3.05) is 12.4 Å². The fourth-order valence-electron chi connectivity index (χ4n) is 2.49. The summed E-state index contributed by atoms with van der Waals surface area (Å²) in [6, 6.07) is 13.6. The Bertz CT molecular complexity index is 874. The van der Waals surface area contributed by atoms with Gasteiger partial charge in [-0.25, -0.2) is 0 Å². The number of benzene rings is 1. The van der Waals surface area contributed by atoms with Crippen LogP contribution in [-0.2, 0) is 24.4 Å². The van der Waals surface area contributed by atoms with E-state index in [1.54, 1.807) is 41.5 Å². The normalized spacial score (nSPS) is 11.2. The van der Waals surface area contributed by atoms with Gasteiger partial charge in [-0.1, -0.05) is 18.2 Å². The van der Waals surface area contributed by atoms with E-state index >= 15 is 0 Å². The van der Waals surface area contributed by atoms with Crippen molar-refractivity contribution in [3.63, 3.8) is 0 Å². The van der Waals surface area contributed by atoms with Crippen LogP contribution < -0.4 is 16.0 Å². The molecule has 8 heteroatoms. The third-order valence-electron chi connectivity index (χ3n) is 3.77. The Balaban J connectivity index is 1.49. The molecule has 0 saturated heterocycles. The third kappa shape index (κ3) is 5.96. The van der Waals surface area contributed by atoms with Crippen molar-refractivity contribution >= 4 is 28.9 Å². The van der Waals surface area contributed by atoms with Crippen LogP contribution in [0.4, 0.5) is 5.69 Å². The van der Waals surface area contributed by atoms with Gasteiger partial charge in [0.2, 0.25) is 5.91 Å². The first-order valence-corrected chi connectivity index (χ1v) is 9.44. The van der Waals surface area contributed by atoms with Crippen LogP contribution in [0.15, 0.2) is 65.2 Å². The molecule has 7 nitrogen and oxygen atoms in total. The minimum atomic E-state index is -0.114. The van der Waals surface area contributed by atoms with Crippen LogP contribution in [0.1, 0.15) is 10.4 Å². The Morgan fingerprint density at radius 1 is 1.19 bits per heavy atom. The molecule has 0 aliphatic rings. The molecule has 0 radical (unpaired) electrons. The molecular formula is C19H22N6OS. The Kier molecular flexibility index (Phi) is 6.59. The van der Waals surface area contributed by atoms with E-state index in [9.17, 15) is 4.79 Å². The lowest BCUT2D eigenvalue weighted by Gasteiger charge is -2.12. The predicted octanol–water partition coefficient (Wildman–Crippen LogP) is 2.45. The summed E-state index contributed by atoms with van der Waals surface area (Å²) in [6.07, 6.45) is 3.41. The largest absolute Gasteiger partial charge is 0.352 e. The van der Waals surface area contributed by atoms with Gasteiger partial charge in [-0.15, -0.1) is 11.3 Å². The molecule has 3 N–H and O–H groups in total. The summed E-state index contributed by atoms with van der Waals surface area (Å²) in [4.78, 5) is 17.6. The number of thiophene rings is 1. The SMILES string of the molecule is CN=C(NCc1cccc(NC(=O)Cn2cccn2)c1)NCc1cccs1. The maximum absolute atomic E-state index is 12.1. The molecule has 0 aliphatic heterocycles. The molecule has 0 spiro atoms. The van der Waals surface area contributed by atoms with Gasteiger partial charge < -0.3 is 16.0 Å². The molecule has 27 heavy (non-hydrogen) atoms. The molecule has 2 aromatic heterocycles. The molecule has 3 aromatic rings. The summed E-state index contributed by atoms with van der Waals surface area (Å²) >= 11 is 1.71. The van der Waals surface area contributed by atoms with Crippen molar-refractivity contribution in [2.24, 2.45) is 4.99 Å². The van der Waals surface area contributed by atoms with Crippen LogP contribution in [0, 0.1) is 0 Å². The summed E-state index contributed by atoms with van der Waals surface area (Å²) in [5.74, 6) is 0.619. The number of nitrogens with one attached hydrogen (secondary N) is 3. The predicted molar refractivity (Wildman–Crippen MR) is 109 cm³/mol. The van der Waals surface area contributed by atoms with Gasteiger partial charge in [0.1, 0.15) is 6.54 Å². The van der Waals surface area contributed by atoms with Crippen LogP contribution in [-0.4, -0.2) is 28.7 Å². The van der Waals surface area contributed by atoms with Gasteiger partial charge in [0.05, 0.1) is 6.54 Å². The van der Waals surface area contributed by atoms with Gasteiger partial charge in [0, 0.05) is 36.6 Å². The number of aliphatic imine (C=N–C) groups is 1. The summed E-state index contributed by atoms with van der Waals surface area (Å²) in [6.45, 7) is 1.53. The first-order valence-electron chi connectivity index (χ1n) is 8.56. The second-order valence-corrected chi connectivity index (χ2v) is 6.84. The zero-order chi connectivity index (χ0) is 18.9. The lowest BCUT2D eigenvalue weighted by atomic mass is 10.2. The van der Waals surface area contributed by atoms with Gasteiger partial charge >= 0.3 is 0 Å². The zero-order valence-electron chi connectivity index (χ0n) is 15.1. The minimum Gasteiger partial charge on any atom is -0.352 e. The molecule has 0 unspecified atom stereocenters. The van der Waals surface area contributed by atoms with Crippen molar-refractivity contribution in [3.8, 4) is 0 Å². The fourth-order valence-corrected chi connectivity index (χ4v) is 3.14. The van der Waals surface area contributed by atoms with E-state index < -0.39 is 0 Å². The van der Waals surface area contributed by atoms with Crippen molar-refractivity contribution in [1.82, 2.24) is 20.4 Å². The number of guanidine groups is 1. The molecule has 0 bridgehead atoms. The van der Waals surface area contributed by atoms with Crippen LogP contribution in [0.25, 0.3) is 0 Å². The number of anilines is 1. The van der Waals surface area contributed by atoms with Crippen LogP contribution in [0.5, 0.6) is 0 Å². The first-order chi connectivity index (χ1) is 13.2. The maximum atomic E-state index is 12.1. The van der Waals surface area contributed by atoms with E-state index in [2.05, 4.69) is 37.5 Å². The highest BCUT2D eigenvalue weighted by molar-refractivity contribution is 7.09. The van der Waals surface area contributed by atoms with Gasteiger partial charge in [-0.3, -0.25) is 14.5 Å². The molecule has 140 valence electrons. The highest BCUT2D eigenvalue weighted by Crippen LogP contribution is 2.11. The lowest BCUT2D eigenvalue weighted by Crippen LogP contribution is -2.36. The number of hydrogen-bond acceptors (Lipinski definition) is 4. The van der Waals surface area contributed by atoms with Gasteiger partial charge in [-0.05, 0) is 35.2 Å². The van der Waals surface area contributed by atoms with Crippen molar-refractivity contribution < 1.29 is 4.79 Å². The number of amides is 1. The van der Waals surface area contributed by atoms with Crippen molar-refractivity contribution in [1.29, 1.82) is 0 Å². The molecule has 3 rings (SSSR count). The summed E-state index contributed by atoms with van der Waals surface area (Å²) in [7, 11) is 1.75. The van der Waals surface area contributed by atoms with Gasteiger partial charge in [-0.2, -0.15) is 5.10 Å². The van der Waals surface area contributed by atoms with Crippen LogP contribution in [0.2, 0.25) is 0 Å². The maximum Gasteiger partial charge on any atom is 0.246 e. The summed E-state index contributed by atoms with van der Waals surface area (Å²) in [5, 5.41) is 15.5. The van der Waals surface area contributed by atoms with Crippen LogP contribution in [0.3, 0.4) is 0 Å². The quantitative estimate of drug-likeness (QED) is 0.433. The van der Waals surface area contributed by atoms with E-state index in [1.165, 1.54) is 4.88 Å². The second-order valence-electron chi connectivity index (χ2n) is 5.81. The average Bonchev–Trinajstić information content (AvgIpc) is 3.36. The average molecular weight is 382 g/mol. The van der Waals surface area contributed by atoms with E-state index in [-0.39, 0.29) is 12.5 Å². The van der Waals surface area contributed by atoms with Gasteiger partial charge in [0.25, 0.3) is 0 Å². The topological polar surface area (TPSA) is 83.3 Å². The molecule has 1 amide bonds.